The molecule has 120 valence electrons. The Kier molecular flexibility index (Phi) is 4.57. The number of fused-ring (bicyclic) bond motifs is 1. The third-order valence-corrected chi connectivity index (χ3v) is 5.60. The number of nitrogens with two attached hydrogens (primary N) is 2. The third-order valence-electron chi connectivity index (χ3n) is 3.75. The maximum atomic E-state index is 6.31. The predicted octanol–water partition coefficient (Wildman–Crippen LogP) is 3.47. The van der Waals surface area contributed by atoms with E-state index in [-0.39, 0.29) is 11.9 Å². The van der Waals surface area contributed by atoms with Crippen LogP contribution in [0.5, 0.6) is 0 Å². The summed E-state index contributed by atoms with van der Waals surface area (Å²) in [4.78, 5) is 5.55. The molecule has 8 heteroatoms. The van der Waals surface area contributed by atoms with Gasteiger partial charge in [0.25, 0.3) is 0 Å². The highest BCUT2D eigenvalue weighted by atomic mass is 35.5. The monoisotopic (exact) mass is 367 g/mol. The third kappa shape index (κ3) is 3.34. The van der Waals surface area contributed by atoms with Crippen molar-refractivity contribution in [1.29, 1.82) is 0 Å². The zero-order valence-corrected chi connectivity index (χ0v) is 14.7. The fraction of sp³-hybridized carbons (Fsp3) is 0.267. The first kappa shape index (κ1) is 16.2. The van der Waals surface area contributed by atoms with Gasteiger partial charge in [-0.3, -0.25) is 4.98 Å². The molecular weight excluding hydrogens is 353 g/mol. The molecule has 0 aliphatic heterocycles. The smallest absolute Gasteiger partial charge is 0.211 e. The molecule has 5 nitrogen and oxygen atoms in total. The minimum atomic E-state index is -0.0695. The van der Waals surface area contributed by atoms with Crippen LogP contribution >= 0.6 is 34.5 Å². The quantitative estimate of drug-likeness (QED) is 0.483. The standard InChI is InChI=1S/C15H15Cl2N5S/c1-7-2-3-20-10-4-8(14-9(16)6-12(17)23-14)5-11(13(7)10)21-22-15(18)19/h2-3,6,8H,4-5H2,1H3,(H4,18,19,22)/b21-11-. The summed E-state index contributed by atoms with van der Waals surface area (Å²) in [5, 5.41) is 8.74. The summed E-state index contributed by atoms with van der Waals surface area (Å²) in [5.74, 6) is 0.0923. The van der Waals surface area contributed by atoms with Gasteiger partial charge in [-0.2, -0.15) is 5.10 Å². The van der Waals surface area contributed by atoms with E-state index in [1.807, 2.05) is 13.0 Å². The Morgan fingerprint density at radius 1 is 1.35 bits per heavy atom. The summed E-state index contributed by atoms with van der Waals surface area (Å²) in [6, 6.07) is 3.73. The van der Waals surface area contributed by atoms with Crippen molar-refractivity contribution in [3.05, 3.63) is 49.4 Å². The molecule has 0 saturated carbocycles. The molecule has 1 aliphatic rings. The minimum Gasteiger partial charge on any atom is -0.369 e. The van der Waals surface area contributed by atoms with Crippen molar-refractivity contribution < 1.29 is 0 Å². The van der Waals surface area contributed by atoms with E-state index in [0.717, 1.165) is 33.8 Å². The molecule has 0 saturated heterocycles. The maximum Gasteiger partial charge on any atom is 0.211 e. The van der Waals surface area contributed by atoms with Gasteiger partial charge in [0, 0.05) is 29.0 Å². The average molecular weight is 368 g/mol. The molecule has 0 fully saturated rings. The lowest BCUT2D eigenvalue weighted by Gasteiger charge is -2.25. The summed E-state index contributed by atoms with van der Waals surface area (Å²) in [7, 11) is 0. The molecule has 2 aromatic heterocycles. The number of nitrogens with zero attached hydrogens (tertiary/aromatic N) is 3. The van der Waals surface area contributed by atoms with Crippen LogP contribution in [0, 0.1) is 6.92 Å². The van der Waals surface area contributed by atoms with Crippen LogP contribution in [0.15, 0.2) is 28.5 Å². The number of halogens is 2. The Morgan fingerprint density at radius 3 is 2.78 bits per heavy atom. The van der Waals surface area contributed by atoms with E-state index in [1.165, 1.54) is 11.3 Å². The van der Waals surface area contributed by atoms with Gasteiger partial charge in [0.05, 0.1) is 20.8 Å². The lowest BCUT2D eigenvalue weighted by molar-refractivity contribution is 0.689. The van der Waals surface area contributed by atoms with Crippen molar-refractivity contribution >= 4 is 46.2 Å². The predicted molar refractivity (Wildman–Crippen MR) is 96.7 cm³/mol. The van der Waals surface area contributed by atoms with Crippen LogP contribution in [0.4, 0.5) is 0 Å². The molecular formula is C15H15Cl2N5S. The number of thiophene rings is 1. The Hall–Kier alpha value is -1.63. The SMILES string of the molecule is Cc1ccnc2c1/C(=N\N=C(N)N)CC(c1sc(Cl)cc1Cl)C2. The summed E-state index contributed by atoms with van der Waals surface area (Å²) < 4.78 is 0.677. The number of hydrogen-bond acceptors (Lipinski definition) is 4. The summed E-state index contributed by atoms with van der Waals surface area (Å²) in [6.45, 7) is 2.03. The molecule has 0 bridgehead atoms. The first-order chi connectivity index (χ1) is 11.0. The van der Waals surface area contributed by atoms with Gasteiger partial charge in [-0.15, -0.1) is 16.4 Å². The molecule has 23 heavy (non-hydrogen) atoms. The van der Waals surface area contributed by atoms with Gasteiger partial charge in [0.15, 0.2) is 0 Å². The van der Waals surface area contributed by atoms with Crippen LogP contribution in [0.2, 0.25) is 9.36 Å². The molecule has 2 aromatic rings. The van der Waals surface area contributed by atoms with Gasteiger partial charge in [-0.1, -0.05) is 23.2 Å². The van der Waals surface area contributed by atoms with Crippen LogP contribution < -0.4 is 11.5 Å². The van der Waals surface area contributed by atoms with E-state index in [4.69, 9.17) is 34.7 Å². The average Bonchev–Trinajstić information content (AvgIpc) is 2.83. The summed E-state index contributed by atoms with van der Waals surface area (Å²) in [6.07, 6.45) is 3.28. The molecule has 1 aliphatic carbocycles. The Labute approximate surface area is 148 Å². The number of aromatic nitrogens is 1. The first-order valence-corrected chi connectivity index (χ1v) is 8.58. The van der Waals surface area contributed by atoms with Gasteiger partial charge >= 0.3 is 0 Å². The van der Waals surface area contributed by atoms with Crippen molar-refractivity contribution in [2.45, 2.75) is 25.7 Å². The van der Waals surface area contributed by atoms with Crippen molar-refractivity contribution in [3.8, 4) is 0 Å². The van der Waals surface area contributed by atoms with E-state index in [1.54, 1.807) is 12.3 Å². The van der Waals surface area contributed by atoms with Crippen LogP contribution in [-0.4, -0.2) is 16.7 Å². The van der Waals surface area contributed by atoms with Crippen LogP contribution in [0.3, 0.4) is 0 Å². The zero-order chi connectivity index (χ0) is 16.6. The molecule has 0 spiro atoms. The van der Waals surface area contributed by atoms with Crippen molar-refractivity contribution in [3.63, 3.8) is 0 Å². The number of rotatable bonds is 2. The second-order valence-electron chi connectivity index (χ2n) is 5.39. The van der Waals surface area contributed by atoms with E-state index < -0.39 is 0 Å². The molecule has 3 rings (SSSR count). The van der Waals surface area contributed by atoms with E-state index in [2.05, 4.69) is 15.2 Å². The normalized spacial score (nSPS) is 18.7. The van der Waals surface area contributed by atoms with Crippen molar-refractivity contribution in [2.24, 2.45) is 21.7 Å². The molecule has 2 heterocycles. The van der Waals surface area contributed by atoms with E-state index in [0.29, 0.717) is 15.8 Å². The maximum absolute atomic E-state index is 6.31. The molecule has 0 amide bonds. The van der Waals surface area contributed by atoms with Gasteiger partial charge < -0.3 is 11.5 Å². The van der Waals surface area contributed by atoms with Crippen LogP contribution in [0.1, 0.15) is 34.0 Å². The number of aryl methyl sites for hydroxylation is 1. The van der Waals surface area contributed by atoms with Crippen LogP contribution in [0.25, 0.3) is 0 Å². The second kappa shape index (κ2) is 6.47. The molecule has 4 N–H and O–H groups in total. The van der Waals surface area contributed by atoms with Gasteiger partial charge in [0.2, 0.25) is 5.96 Å². The van der Waals surface area contributed by atoms with Gasteiger partial charge in [-0.25, -0.2) is 0 Å². The summed E-state index contributed by atoms with van der Waals surface area (Å²) in [5.41, 5.74) is 14.7. The van der Waals surface area contributed by atoms with Gasteiger partial charge in [0.1, 0.15) is 0 Å². The Bertz CT molecular complexity index is 808. The first-order valence-electron chi connectivity index (χ1n) is 7.00. The van der Waals surface area contributed by atoms with Crippen LogP contribution in [-0.2, 0) is 6.42 Å². The fourth-order valence-electron chi connectivity index (χ4n) is 2.83. The Balaban J connectivity index is 2.08. The van der Waals surface area contributed by atoms with E-state index in [9.17, 15) is 0 Å². The highest BCUT2D eigenvalue weighted by molar-refractivity contribution is 7.16. The highest BCUT2D eigenvalue weighted by Crippen LogP contribution is 2.42. The minimum absolute atomic E-state index is 0.0695. The second-order valence-corrected chi connectivity index (χ2v) is 7.51. The lowest BCUT2D eigenvalue weighted by Crippen LogP contribution is -2.24. The zero-order valence-electron chi connectivity index (χ0n) is 12.4. The Morgan fingerprint density at radius 2 is 2.13 bits per heavy atom. The van der Waals surface area contributed by atoms with Gasteiger partial charge in [-0.05, 0) is 31.0 Å². The number of guanidine groups is 1. The summed E-state index contributed by atoms with van der Waals surface area (Å²) >= 11 is 13.9. The topological polar surface area (TPSA) is 89.6 Å². The molecule has 1 unspecified atom stereocenters. The van der Waals surface area contributed by atoms with Crippen molar-refractivity contribution in [1.82, 2.24) is 4.98 Å². The molecule has 0 radical (unpaired) electrons. The largest absolute Gasteiger partial charge is 0.369 e. The molecule has 0 aromatic carbocycles. The lowest BCUT2D eigenvalue weighted by atomic mass is 9.83. The highest BCUT2D eigenvalue weighted by Gasteiger charge is 2.29. The number of hydrogen-bond donors (Lipinski definition) is 2. The van der Waals surface area contributed by atoms with Crippen molar-refractivity contribution in [2.75, 3.05) is 0 Å². The van der Waals surface area contributed by atoms with E-state index >= 15 is 0 Å². The molecule has 1 atom stereocenters. The number of pyridine rings is 1. The fourth-order valence-corrected chi connectivity index (χ4v) is 4.57.